The average molecular weight is 463 g/mol. The Morgan fingerprint density at radius 2 is 1.76 bits per heavy atom. The van der Waals surface area contributed by atoms with Crippen LogP contribution in [0.15, 0.2) is 61.1 Å². The summed E-state index contributed by atoms with van der Waals surface area (Å²) in [6.07, 6.45) is 2.73. The molecule has 0 amide bonds. The van der Waals surface area contributed by atoms with Crippen LogP contribution in [0.1, 0.15) is 11.6 Å². The Kier molecular flexibility index (Phi) is 5.52. The molecule has 2 atom stereocenters. The second kappa shape index (κ2) is 8.83. The molecule has 34 heavy (non-hydrogen) atoms. The molecule has 7 nitrogen and oxygen atoms in total. The summed E-state index contributed by atoms with van der Waals surface area (Å²) in [7, 11) is 0. The molecule has 0 aliphatic carbocycles. The van der Waals surface area contributed by atoms with Crippen LogP contribution in [-0.4, -0.2) is 63.5 Å². The number of morpholine rings is 1. The monoisotopic (exact) mass is 462 g/mol. The molecule has 2 aliphatic heterocycles. The van der Waals surface area contributed by atoms with Crippen molar-refractivity contribution < 1.29 is 13.5 Å². The zero-order valence-electron chi connectivity index (χ0n) is 18.4. The molecule has 2 fully saturated rings. The van der Waals surface area contributed by atoms with Gasteiger partial charge < -0.3 is 10.1 Å². The van der Waals surface area contributed by atoms with Crippen molar-refractivity contribution in [2.45, 2.75) is 25.2 Å². The fourth-order valence-electron chi connectivity index (χ4n) is 4.36. The van der Waals surface area contributed by atoms with Crippen molar-refractivity contribution in [1.82, 2.24) is 30.0 Å². The minimum absolute atomic E-state index is 0.105. The summed E-state index contributed by atoms with van der Waals surface area (Å²) in [6.45, 7) is 1.83. The summed E-state index contributed by atoms with van der Waals surface area (Å²) >= 11 is 0. The van der Waals surface area contributed by atoms with Gasteiger partial charge >= 0.3 is 0 Å². The molecule has 2 saturated heterocycles. The van der Waals surface area contributed by atoms with Gasteiger partial charge in [0.1, 0.15) is 0 Å². The molecule has 2 aromatic carbocycles. The highest BCUT2D eigenvalue weighted by atomic mass is 19.2. The number of ether oxygens (including phenoxy) is 1. The number of aromatic nitrogens is 4. The lowest BCUT2D eigenvalue weighted by atomic mass is 10.0. The normalized spacial score (nSPS) is 21.6. The third kappa shape index (κ3) is 3.96. The lowest BCUT2D eigenvalue weighted by Crippen LogP contribution is -2.47. The number of hydrogen-bond donors (Lipinski definition) is 1. The number of fused-ring (bicyclic) bond motifs is 1. The van der Waals surface area contributed by atoms with E-state index in [1.807, 2.05) is 59.5 Å². The van der Waals surface area contributed by atoms with Gasteiger partial charge in [0.25, 0.3) is 0 Å². The van der Waals surface area contributed by atoms with E-state index in [1.165, 1.54) is 4.90 Å². The Labute approximate surface area is 195 Å². The summed E-state index contributed by atoms with van der Waals surface area (Å²) in [5, 5.41) is 7.74. The van der Waals surface area contributed by atoms with Gasteiger partial charge in [-0.25, -0.2) is 18.7 Å². The first kappa shape index (κ1) is 21.3. The molecule has 0 spiro atoms. The number of nitrogens with zero attached hydrogens (tertiary/aromatic N) is 5. The van der Waals surface area contributed by atoms with Crippen LogP contribution in [0.5, 0.6) is 0 Å². The van der Waals surface area contributed by atoms with Crippen molar-refractivity contribution in [3.8, 4) is 22.4 Å². The highest BCUT2D eigenvalue weighted by Crippen LogP contribution is 2.29. The van der Waals surface area contributed by atoms with Crippen LogP contribution in [-0.2, 0) is 11.3 Å². The Bertz CT molecular complexity index is 1300. The summed E-state index contributed by atoms with van der Waals surface area (Å²) < 4.78 is 35.1. The van der Waals surface area contributed by atoms with Gasteiger partial charge in [-0.3, -0.25) is 9.67 Å². The first-order chi connectivity index (χ1) is 16.7. The van der Waals surface area contributed by atoms with Gasteiger partial charge in [0.2, 0.25) is 0 Å². The van der Waals surface area contributed by atoms with Gasteiger partial charge in [-0.1, -0.05) is 36.4 Å². The van der Waals surface area contributed by atoms with Gasteiger partial charge in [-0.05, 0) is 17.2 Å². The van der Waals surface area contributed by atoms with E-state index in [9.17, 15) is 8.78 Å². The maximum Gasteiger partial charge on any atom is 0.179 e. The fourth-order valence-corrected chi connectivity index (χ4v) is 4.36. The zero-order chi connectivity index (χ0) is 23.1. The maximum absolute atomic E-state index is 14.1. The van der Waals surface area contributed by atoms with Crippen LogP contribution in [0.2, 0.25) is 0 Å². The molecule has 0 saturated carbocycles. The van der Waals surface area contributed by atoms with E-state index in [0.29, 0.717) is 6.04 Å². The zero-order valence-corrected chi connectivity index (χ0v) is 18.4. The molecule has 1 N–H and O–H groups in total. The van der Waals surface area contributed by atoms with Gasteiger partial charge in [-0.2, -0.15) is 5.10 Å². The topological polar surface area (TPSA) is 68.1 Å². The maximum atomic E-state index is 14.1. The van der Waals surface area contributed by atoms with Gasteiger partial charge in [0, 0.05) is 37.0 Å². The standard InChI is InChI=1S/C25H24F2N6O/c26-23-14-34-15-24(27)32(23)12-16-4-6-17(7-5-16)20-2-1-3-21-25(20)31-22(11-29-21)18-8-30-33(13-18)19-9-28-10-19/h1-8,11,13,19,23-24,28H,9-10,12,14-15H2. The Morgan fingerprint density at radius 3 is 2.50 bits per heavy atom. The van der Waals surface area contributed by atoms with E-state index < -0.39 is 12.6 Å². The van der Waals surface area contributed by atoms with Gasteiger partial charge in [0.15, 0.2) is 12.6 Å². The molecule has 9 heteroatoms. The Balaban J connectivity index is 1.29. The Hall–Kier alpha value is -3.27. The SMILES string of the molecule is FC1COCC(F)N1Cc1ccc(-c2cccc3ncc(-c4cnn(C5CNC5)c4)nc23)cc1. The molecule has 174 valence electrons. The lowest BCUT2D eigenvalue weighted by Gasteiger charge is -2.33. The molecule has 2 aliphatic rings. The van der Waals surface area contributed by atoms with Crippen molar-refractivity contribution in [3.05, 3.63) is 66.6 Å². The second-order valence-electron chi connectivity index (χ2n) is 8.73. The van der Waals surface area contributed by atoms with Crippen LogP contribution in [0, 0.1) is 0 Å². The first-order valence-corrected chi connectivity index (χ1v) is 11.4. The summed E-state index contributed by atoms with van der Waals surface area (Å²) in [4.78, 5) is 10.7. The largest absolute Gasteiger partial charge is 0.373 e. The minimum atomic E-state index is -1.44. The quantitative estimate of drug-likeness (QED) is 0.456. The number of alkyl halides is 2. The van der Waals surface area contributed by atoms with Crippen LogP contribution >= 0.6 is 0 Å². The third-order valence-corrected chi connectivity index (χ3v) is 6.46. The lowest BCUT2D eigenvalue weighted by molar-refractivity contribution is -0.143. The number of nitrogens with one attached hydrogen (secondary N) is 1. The fraction of sp³-hybridized carbons (Fsp3) is 0.320. The van der Waals surface area contributed by atoms with E-state index >= 15 is 0 Å². The molecule has 0 radical (unpaired) electrons. The van der Waals surface area contributed by atoms with Crippen LogP contribution in [0.3, 0.4) is 0 Å². The number of halogens is 2. The molecule has 4 aromatic rings. The molecule has 2 aromatic heterocycles. The number of benzene rings is 2. The van der Waals surface area contributed by atoms with Crippen LogP contribution in [0.25, 0.3) is 33.4 Å². The number of para-hydroxylation sites is 1. The molecular weight excluding hydrogens is 438 g/mol. The van der Waals surface area contributed by atoms with Crippen molar-refractivity contribution in [1.29, 1.82) is 0 Å². The van der Waals surface area contributed by atoms with Crippen molar-refractivity contribution >= 4 is 11.0 Å². The van der Waals surface area contributed by atoms with E-state index in [-0.39, 0.29) is 19.8 Å². The highest BCUT2D eigenvalue weighted by molar-refractivity contribution is 5.92. The number of rotatable bonds is 5. The van der Waals surface area contributed by atoms with E-state index in [4.69, 9.17) is 9.72 Å². The predicted octanol–water partition coefficient (Wildman–Crippen LogP) is 3.73. The van der Waals surface area contributed by atoms with Crippen molar-refractivity contribution in [2.75, 3.05) is 26.3 Å². The predicted molar refractivity (Wildman–Crippen MR) is 124 cm³/mol. The number of hydrogen-bond acceptors (Lipinski definition) is 6. The van der Waals surface area contributed by atoms with E-state index in [2.05, 4.69) is 15.4 Å². The van der Waals surface area contributed by atoms with Gasteiger partial charge in [0.05, 0.1) is 48.4 Å². The van der Waals surface area contributed by atoms with Crippen molar-refractivity contribution in [2.24, 2.45) is 0 Å². The van der Waals surface area contributed by atoms with Crippen LogP contribution in [0.4, 0.5) is 8.78 Å². The summed E-state index contributed by atoms with van der Waals surface area (Å²) in [6, 6.07) is 14.0. The average Bonchev–Trinajstić information content (AvgIpc) is 3.29. The van der Waals surface area contributed by atoms with E-state index in [1.54, 1.807) is 6.20 Å². The third-order valence-electron chi connectivity index (χ3n) is 6.46. The second-order valence-corrected chi connectivity index (χ2v) is 8.73. The molecule has 6 rings (SSSR count). The minimum Gasteiger partial charge on any atom is -0.373 e. The first-order valence-electron chi connectivity index (χ1n) is 11.4. The van der Waals surface area contributed by atoms with Crippen LogP contribution < -0.4 is 5.32 Å². The van der Waals surface area contributed by atoms with Crippen molar-refractivity contribution in [3.63, 3.8) is 0 Å². The molecule has 4 heterocycles. The smallest absolute Gasteiger partial charge is 0.179 e. The summed E-state index contributed by atoms with van der Waals surface area (Å²) in [5.41, 5.74) is 6.05. The molecule has 0 bridgehead atoms. The summed E-state index contributed by atoms with van der Waals surface area (Å²) in [5.74, 6) is 0. The van der Waals surface area contributed by atoms with E-state index in [0.717, 1.165) is 52.1 Å². The highest BCUT2D eigenvalue weighted by Gasteiger charge is 2.31. The van der Waals surface area contributed by atoms with Gasteiger partial charge in [-0.15, -0.1) is 0 Å². The Morgan fingerprint density at radius 1 is 0.971 bits per heavy atom. The molecular formula is C25H24F2N6O. The molecule has 2 unspecified atom stereocenters.